The molecule has 4 aromatic rings. The van der Waals surface area contributed by atoms with E-state index in [1.165, 1.54) is 23.7 Å². The summed E-state index contributed by atoms with van der Waals surface area (Å²) in [4.78, 5) is 12.6. The Morgan fingerprint density at radius 2 is 1.72 bits per heavy atom. The molecule has 0 fully saturated rings. The summed E-state index contributed by atoms with van der Waals surface area (Å²) in [5, 5.41) is 16.1. The highest BCUT2D eigenvalue weighted by molar-refractivity contribution is 7.99. The Morgan fingerprint density at radius 1 is 1.00 bits per heavy atom. The van der Waals surface area contributed by atoms with E-state index in [0.29, 0.717) is 44.7 Å². The second-order valence-electron chi connectivity index (χ2n) is 8.75. The Labute approximate surface area is 235 Å². The summed E-state index contributed by atoms with van der Waals surface area (Å²) in [6, 6.07) is 22.7. The van der Waals surface area contributed by atoms with Gasteiger partial charge in [0.25, 0.3) is 0 Å². The predicted octanol–water partition coefficient (Wildman–Crippen LogP) is 5.76. The number of para-hydroxylation sites is 1. The molecule has 39 heavy (non-hydrogen) atoms. The van der Waals surface area contributed by atoms with Crippen LogP contribution >= 0.6 is 23.4 Å². The number of hydrogen-bond acceptors (Lipinski definition) is 8. The zero-order valence-corrected chi connectivity index (χ0v) is 23.4. The van der Waals surface area contributed by atoms with Gasteiger partial charge < -0.3 is 14.2 Å². The number of amides is 1. The molecule has 1 aliphatic rings. The van der Waals surface area contributed by atoms with Crippen molar-refractivity contribution in [1.82, 2.24) is 19.8 Å². The molecule has 0 saturated carbocycles. The normalized spacial score (nSPS) is 16.5. The number of hydrazone groups is 1. The number of halogens is 1. The molecule has 2 heterocycles. The molecule has 200 valence electrons. The molecule has 0 N–H and O–H groups in total. The highest BCUT2D eigenvalue weighted by Gasteiger charge is 2.45. The van der Waals surface area contributed by atoms with Gasteiger partial charge in [0.1, 0.15) is 0 Å². The summed E-state index contributed by atoms with van der Waals surface area (Å²) in [7, 11) is 3.13. The number of thioether (sulfide) groups is 1. The largest absolute Gasteiger partial charge is 0.493 e. The highest BCUT2D eigenvalue weighted by Crippen LogP contribution is 2.40. The summed E-state index contributed by atoms with van der Waals surface area (Å²) in [6.07, 6.45) is 0. The van der Waals surface area contributed by atoms with Crippen LogP contribution in [-0.4, -0.2) is 51.6 Å². The van der Waals surface area contributed by atoms with E-state index in [0.717, 1.165) is 11.3 Å². The van der Waals surface area contributed by atoms with E-state index in [-0.39, 0.29) is 5.91 Å². The van der Waals surface area contributed by atoms with E-state index >= 15 is 0 Å². The van der Waals surface area contributed by atoms with Crippen molar-refractivity contribution in [1.29, 1.82) is 0 Å². The van der Waals surface area contributed by atoms with E-state index in [2.05, 4.69) is 15.3 Å². The molecule has 0 bridgehead atoms. The van der Waals surface area contributed by atoms with Crippen LogP contribution in [0, 0.1) is 0 Å². The molecule has 9 nitrogen and oxygen atoms in total. The third kappa shape index (κ3) is 5.17. The molecule has 0 saturated heterocycles. The minimum atomic E-state index is -1.16. The monoisotopic (exact) mass is 563 g/mol. The molecule has 1 unspecified atom stereocenters. The van der Waals surface area contributed by atoms with Gasteiger partial charge in [-0.15, -0.1) is 15.3 Å². The van der Waals surface area contributed by atoms with Gasteiger partial charge in [0, 0.05) is 35.7 Å². The first-order valence-corrected chi connectivity index (χ1v) is 13.4. The molecule has 3 aromatic carbocycles. The minimum absolute atomic E-state index is 0.259. The van der Waals surface area contributed by atoms with Crippen molar-refractivity contribution >= 4 is 35.2 Å². The molecule has 1 atom stereocenters. The maximum absolute atomic E-state index is 12.6. The molecule has 1 aliphatic heterocycles. The van der Waals surface area contributed by atoms with Crippen LogP contribution in [0.2, 0.25) is 5.02 Å². The van der Waals surface area contributed by atoms with Crippen LogP contribution in [0.3, 0.4) is 0 Å². The molecular weight excluding hydrogens is 538 g/mol. The number of hydrogen-bond donors (Lipinski definition) is 0. The average molecular weight is 564 g/mol. The van der Waals surface area contributed by atoms with Crippen molar-refractivity contribution < 1.29 is 19.0 Å². The summed E-state index contributed by atoms with van der Waals surface area (Å²) in [5.41, 5.74) is 1.31. The molecule has 0 spiro atoms. The van der Waals surface area contributed by atoms with Gasteiger partial charge in [-0.05, 0) is 54.6 Å². The Hall–Kier alpha value is -4.02. The minimum Gasteiger partial charge on any atom is -0.493 e. The van der Waals surface area contributed by atoms with Gasteiger partial charge in [0.2, 0.25) is 17.5 Å². The topological polar surface area (TPSA) is 91.1 Å². The molecule has 1 amide bonds. The van der Waals surface area contributed by atoms with Crippen LogP contribution in [0.1, 0.15) is 19.4 Å². The average Bonchev–Trinajstić information content (AvgIpc) is 3.54. The van der Waals surface area contributed by atoms with E-state index < -0.39 is 5.72 Å². The lowest BCUT2D eigenvalue weighted by Gasteiger charge is -2.31. The van der Waals surface area contributed by atoms with E-state index in [1.54, 1.807) is 33.3 Å². The number of carbonyl (C=O) groups excluding carboxylic acids is 1. The van der Waals surface area contributed by atoms with Gasteiger partial charge in [-0.3, -0.25) is 9.36 Å². The summed E-state index contributed by atoms with van der Waals surface area (Å²) >= 11 is 7.51. The van der Waals surface area contributed by atoms with Gasteiger partial charge in [-0.2, -0.15) is 5.01 Å². The first kappa shape index (κ1) is 26.6. The number of benzene rings is 3. The second-order valence-corrected chi connectivity index (χ2v) is 10.1. The van der Waals surface area contributed by atoms with Crippen LogP contribution < -0.4 is 9.47 Å². The van der Waals surface area contributed by atoms with Gasteiger partial charge >= 0.3 is 0 Å². The maximum atomic E-state index is 12.6. The van der Waals surface area contributed by atoms with Gasteiger partial charge in [-0.1, -0.05) is 41.6 Å². The van der Waals surface area contributed by atoms with Crippen molar-refractivity contribution in [2.45, 2.75) is 24.7 Å². The van der Waals surface area contributed by atoms with Crippen LogP contribution in [0.5, 0.6) is 11.5 Å². The second kappa shape index (κ2) is 11.0. The molecular formula is C28H26ClN5O4S. The fraction of sp³-hybridized carbons (Fsp3) is 0.214. The van der Waals surface area contributed by atoms with Gasteiger partial charge in [0.05, 0.1) is 20.0 Å². The lowest BCUT2D eigenvalue weighted by atomic mass is 10.0. The Morgan fingerprint density at radius 3 is 2.38 bits per heavy atom. The number of carbonyl (C=O) groups is 1. The number of ether oxygens (including phenoxy) is 3. The Bertz CT molecular complexity index is 1530. The first-order valence-electron chi connectivity index (χ1n) is 12.0. The summed E-state index contributed by atoms with van der Waals surface area (Å²) in [6.45, 7) is 3.24. The molecule has 0 aliphatic carbocycles. The first-order chi connectivity index (χ1) is 18.8. The van der Waals surface area contributed by atoms with Crippen LogP contribution in [0.15, 0.2) is 83.1 Å². The maximum Gasteiger partial charge on any atom is 0.243 e. The molecule has 1 aromatic heterocycles. The molecule has 5 rings (SSSR count). The Kier molecular flexibility index (Phi) is 7.49. The fourth-order valence-corrected chi connectivity index (χ4v) is 5.24. The van der Waals surface area contributed by atoms with Crippen molar-refractivity contribution in [2.75, 3.05) is 20.0 Å². The highest BCUT2D eigenvalue weighted by atomic mass is 35.5. The number of rotatable bonds is 8. The van der Waals surface area contributed by atoms with E-state index in [9.17, 15) is 4.79 Å². The van der Waals surface area contributed by atoms with Crippen molar-refractivity contribution in [3.8, 4) is 28.6 Å². The smallest absolute Gasteiger partial charge is 0.243 e. The van der Waals surface area contributed by atoms with Gasteiger partial charge in [-0.25, -0.2) is 0 Å². The standard InChI is InChI=1S/C28H26ClN5O4S/c1-18(35)34-28(2,20-12-15-23(36-3)24(16-20)37-4)38-25(32-34)17-39-27-31-30-26(19-10-13-21(29)14-11-19)33(27)22-8-6-5-7-9-22/h5-16H,17H2,1-4H3. The van der Waals surface area contributed by atoms with Crippen molar-refractivity contribution in [3.63, 3.8) is 0 Å². The van der Waals surface area contributed by atoms with Gasteiger partial charge in [0.15, 0.2) is 22.5 Å². The van der Waals surface area contributed by atoms with E-state index in [4.69, 9.17) is 25.8 Å². The fourth-order valence-electron chi connectivity index (χ4n) is 4.32. The van der Waals surface area contributed by atoms with Crippen molar-refractivity contribution in [3.05, 3.63) is 83.4 Å². The van der Waals surface area contributed by atoms with Crippen molar-refractivity contribution in [2.24, 2.45) is 5.10 Å². The SMILES string of the molecule is COc1ccc(C2(C)OC(CSc3nnc(-c4ccc(Cl)cc4)n3-c3ccccc3)=NN2C(C)=O)cc1OC. The summed E-state index contributed by atoms with van der Waals surface area (Å²) < 4.78 is 19.1. The third-order valence-corrected chi connectivity index (χ3v) is 7.39. The van der Waals surface area contributed by atoms with Crippen LogP contribution in [-0.2, 0) is 15.3 Å². The van der Waals surface area contributed by atoms with E-state index in [1.807, 2.05) is 65.2 Å². The predicted molar refractivity (Wildman–Crippen MR) is 150 cm³/mol. The lowest BCUT2D eigenvalue weighted by Crippen LogP contribution is -2.41. The van der Waals surface area contributed by atoms with Crippen LogP contribution in [0.25, 0.3) is 17.1 Å². The zero-order valence-electron chi connectivity index (χ0n) is 21.8. The number of nitrogens with zero attached hydrogens (tertiary/aromatic N) is 5. The number of methoxy groups -OCH3 is 2. The molecule has 11 heteroatoms. The lowest BCUT2D eigenvalue weighted by molar-refractivity contribution is -0.146. The summed E-state index contributed by atoms with van der Waals surface area (Å²) in [5.74, 6) is 2.21. The molecule has 0 radical (unpaired) electrons. The number of aromatic nitrogens is 3. The van der Waals surface area contributed by atoms with Crippen LogP contribution in [0.4, 0.5) is 0 Å². The quantitative estimate of drug-likeness (QED) is 0.252. The zero-order chi connectivity index (χ0) is 27.6. The third-order valence-electron chi connectivity index (χ3n) is 6.22. The Balaban J connectivity index is 1.44.